The number of nitrogens with zero attached hydrogens (tertiary/aromatic N) is 1. The van der Waals surface area contributed by atoms with E-state index >= 15 is 0 Å². The molecule has 1 aliphatic carbocycles. The molecule has 5 nitrogen and oxygen atoms in total. The minimum absolute atomic E-state index is 0.0613. The Hall–Kier alpha value is -2.11. The summed E-state index contributed by atoms with van der Waals surface area (Å²) >= 11 is 0. The van der Waals surface area contributed by atoms with Crippen LogP contribution in [0.25, 0.3) is 0 Å². The zero-order valence-corrected chi connectivity index (χ0v) is 18.3. The maximum Gasteiger partial charge on any atom is 0.165 e. The number of hydrogen-bond donors (Lipinski definition) is 1. The van der Waals surface area contributed by atoms with Crippen LogP contribution in [0.15, 0.2) is 42.6 Å². The van der Waals surface area contributed by atoms with Crippen molar-refractivity contribution < 1.29 is 14.2 Å². The van der Waals surface area contributed by atoms with Crippen LogP contribution in [-0.2, 0) is 16.7 Å². The Balaban J connectivity index is 1.46. The first-order chi connectivity index (χ1) is 14.7. The Bertz CT molecular complexity index is 820. The first-order valence-corrected chi connectivity index (χ1v) is 11.2. The lowest BCUT2D eigenvalue weighted by atomic mass is 9.68. The van der Waals surface area contributed by atoms with Gasteiger partial charge in [0.05, 0.1) is 19.8 Å². The second-order valence-electron chi connectivity index (χ2n) is 8.74. The van der Waals surface area contributed by atoms with E-state index < -0.39 is 0 Å². The van der Waals surface area contributed by atoms with Gasteiger partial charge in [-0.15, -0.1) is 0 Å². The summed E-state index contributed by atoms with van der Waals surface area (Å²) in [6, 6.07) is 12.4. The lowest BCUT2D eigenvalue weighted by Gasteiger charge is -2.46. The maximum atomic E-state index is 6.36. The van der Waals surface area contributed by atoms with E-state index in [9.17, 15) is 0 Å². The maximum absolute atomic E-state index is 6.36. The number of hydrogen-bond acceptors (Lipinski definition) is 5. The molecule has 0 unspecified atom stereocenters. The van der Waals surface area contributed by atoms with Crippen LogP contribution in [0, 0.1) is 0 Å². The molecule has 1 N–H and O–H groups in total. The number of para-hydroxylation sites is 1. The number of aromatic nitrogens is 1. The monoisotopic (exact) mass is 410 g/mol. The van der Waals surface area contributed by atoms with Crippen LogP contribution < -0.4 is 14.8 Å². The van der Waals surface area contributed by atoms with E-state index in [0.717, 1.165) is 56.0 Å². The normalized spacial score (nSPS) is 22.9. The standard InChI is InChI=1S/C25H34N2O3/c1-28-21-9-7-8-20(23(21)29-2)18-26-16-13-24(22-10-3-6-15-27-22)14-17-30-25(19-24)11-4-5-12-25/h3,6-10,15,26H,4-5,11-14,16-19H2,1-2H3/t24-/m1/s1. The highest BCUT2D eigenvalue weighted by atomic mass is 16.5. The average Bonchev–Trinajstić information content (AvgIpc) is 3.24. The first-order valence-electron chi connectivity index (χ1n) is 11.2. The summed E-state index contributed by atoms with van der Waals surface area (Å²) in [6.45, 7) is 2.51. The fraction of sp³-hybridized carbons (Fsp3) is 0.560. The van der Waals surface area contributed by atoms with Gasteiger partial charge in [-0.25, -0.2) is 0 Å². The smallest absolute Gasteiger partial charge is 0.165 e. The highest BCUT2D eigenvalue weighted by Crippen LogP contribution is 2.49. The van der Waals surface area contributed by atoms with Crippen molar-refractivity contribution in [3.8, 4) is 11.5 Å². The molecule has 5 heteroatoms. The molecule has 2 heterocycles. The predicted molar refractivity (Wildman–Crippen MR) is 118 cm³/mol. The largest absolute Gasteiger partial charge is 0.493 e. The summed E-state index contributed by atoms with van der Waals surface area (Å²) < 4.78 is 17.4. The lowest BCUT2D eigenvalue weighted by Crippen LogP contribution is -2.47. The van der Waals surface area contributed by atoms with E-state index in [1.54, 1.807) is 14.2 Å². The Labute approximate surface area is 180 Å². The van der Waals surface area contributed by atoms with Crippen molar-refractivity contribution in [2.75, 3.05) is 27.4 Å². The Morgan fingerprint density at radius 3 is 2.63 bits per heavy atom. The number of pyridine rings is 1. The van der Waals surface area contributed by atoms with Crippen molar-refractivity contribution in [1.29, 1.82) is 0 Å². The molecule has 1 aromatic carbocycles. The van der Waals surface area contributed by atoms with Crippen LogP contribution in [0.5, 0.6) is 11.5 Å². The number of ether oxygens (including phenoxy) is 3. The predicted octanol–water partition coefficient (Wildman–Crippen LogP) is 4.64. The zero-order chi connectivity index (χ0) is 20.9. The van der Waals surface area contributed by atoms with Crippen LogP contribution in [-0.4, -0.2) is 38.0 Å². The van der Waals surface area contributed by atoms with Crippen LogP contribution in [0.2, 0.25) is 0 Å². The van der Waals surface area contributed by atoms with E-state index in [1.807, 2.05) is 24.4 Å². The molecule has 2 fully saturated rings. The van der Waals surface area contributed by atoms with E-state index in [2.05, 4.69) is 23.5 Å². The molecule has 1 spiro atoms. The van der Waals surface area contributed by atoms with Crippen LogP contribution in [0.3, 0.4) is 0 Å². The molecule has 1 aromatic heterocycles. The topological polar surface area (TPSA) is 52.6 Å². The zero-order valence-electron chi connectivity index (χ0n) is 18.3. The van der Waals surface area contributed by atoms with Gasteiger partial charge in [0.15, 0.2) is 11.5 Å². The lowest BCUT2D eigenvalue weighted by molar-refractivity contribution is -0.104. The van der Waals surface area contributed by atoms with Crippen LogP contribution >= 0.6 is 0 Å². The van der Waals surface area contributed by atoms with Gasteiger partial charge in [0, 0.05) is 36.0 Å². The second kappa shape index (κ2) is 9.36. The van der Waals surface area contributed by atoms with E-state index in [0.29, 0.717) is 0 Å². The van der Waals surface area contributed by atoms with E-state index in [4.69, 9.17) is 19.2 Å². The molecule has 2 aromatic rings. The van der Waals surface area contributed by atoms with Crippen LogP contribution in [0.1, 0.15) is 56.2 Å². The van der Waals surface area contributed by atoms with Crippen molar-refractivity contribution in [2.24, 2.45) is 0 Å². The van der Waals surface area contributed by atoms with E-state index in [1.165, 1.54) is 31.4 Å². The fourth-order valence-electron chi connectivity index (χ4n) is 5.44. The van der Waals surface area contributed by atoms with Gasteiger partial charge in [0.25, 0.3) is 0 Å². The van der Waals surface area contributed by atoms with Gasteiger partial charge in [-0.2, -0.15) is 0 Å². The van der Waals surface area contributed by atoms with Gasteiger partial charge in [0.1, 0.15) is 0 Å². The molecule has 2 aliphatic rings. The molecule has 1 saturated heterocycles. The summed E-state index contributed by atoms with van der Waals surface area (Å²) in [6.07, 6.45) is 10.1. The van der Waals surface area contributed by atoms with Gasteiger partial charge >= 0.3 is 0 Å². The molecule has 30 heavy (non-hydrogen) atoms. The summed E-state index contributed by atoms with van der Waals surface area (Å²) in [5.41, 5.74) is 2.48. The molecular formula is C25H34N2O3. The molecule has 0 amide bonds. The van der Waals surface area contributed by atoms with E-state index in [-0.39, 0.29) is 11.0 Å². The highest BCUT2D eigenvalue weighted by Gasteiger charge is 2.48. The molecule has 1 aliphatic heterocycles. The molecule has 0 radical (unpaired) electrons. The first kappa shape index (κ1) is 21.1. The minimum Gasteiger partial charge on any atom is -0.493 e. The number of nitrogens with one attached hydrogen (secondary N) is 1. The number of benzene rings is 1. The number of rotatable bonds is 8. The summed E-state index contributed by atoms with van der Waals surface area (Å²) in [5.74, 6) is 1.58. The van der Waals surface area contributed by atoms with Gasteiger partial charge in [-0.05, 0) is 56.8 Å². The summed E-state index contributed by atoms with van der Waals surface area (Å²) in [5, 5.41) is 3.64. The van der Waals surface area contributed by atoms with Crippen molar-refractivity contribution in [3.63, 3.8) is 0 Å². The van der Waals surface area contributed by atoms with Gasteiger partial charge < -0.3 is 19.5 Å². The van der Waals surface area contributed by atoms with Gasteiger partial charge in [-0.1, -0.05) is 31.0 Å². The average molecular weight is 411 g/mol. The molecule has 1 atom stereocenters. The molecule has 0 bridgehead atoms. The summed E-state index contributed by atoms with van der Waals surface area (Å²) in [4.78, 5) is 4.80. The third kappa shape index (κ3) is 4.33. The van der Waals surface area contributed by atoms with Crippen molar-refractivity contribution in [1.82, 2.24) is 10.3 Å². The van der Waals surface area contributed by atoms with Gasteiger partial charge in [-0.3, -0.25) is 4.98 Å². The Morgan fingerprint density at radius 1 is 1.03 bits per heavy atom. The van der Waals surface area contributed by atoms with Crippen molar-refractivity contribution in [2.45, 2.75) is 62.5 Å². The molecule has 4 rings (SSSR count). The SMILES string of the molecule is COc1cccc(CNCC[C@@]2(c3ccccn3)CCOC3(CCCC3)C2)c1OC. The fourth-order valence-corrected chi connectivity index (χ4v) is 5.44. The molecule has 162 valence electrons. The Morgan fingerprint density at radius 2 is 1.90 bits per heavy atom. The van der Waals surface area contributed by atoms with Crippen molar-refractivity contribution >= 4 is 0 Å². The number of methoxy groups -OCH3 is 2. The Kier molecular flexibility index (Phi) is 6.59. The summed E-state index contributed by atoms with van der Waals surface area (Å²) in [7, 11) is 3.37. The molecule has 1 saturated carbocycles. The quantitative estimate of drug-likeness (QED) is 0.643. The highest BCUT2D eigenvalue weighted by molar-refractivity contribution is 5.46. The third-order valence-electron chi connectivity index (χ3n) is 6.95. The van der Waals surface area contributed by atoms with Crippen molar-refractivity contribution in [3.05, 3.63) is 53.9 Å². The minimum atomic E-state index is 0.0613. The van der Waals surface area contributed by atoms with Crippen LogP contribution in [0.4, 0.5) is 0 Å². The van der Waals surface area contributed by atoms with Gasteiger partial charge in [0.2, 0.25) is 0 Å². The second-order valence-corrected chi connectivity index (χ2v) is 8.74. The molecular weight excluding hydrogens is 376 g/mol. The third-order valence-corrected chi connectivity index (χ3v) is 6.95.